The van der Waals surface area contributed by atoms with Gasteiger partial charge in [-0.2, -0.15) is 0 Å². The molecule has 6 heteroatoms. The van der Waals surface area contributed by atoms with Crippen molar-refractivity contribution < 1.29 is 19.4 Å². The number of fused-ring (bicyclic) bond motifs is 1. The zero-order chi connectivity index (χ0) is 21.6. The smallest absolute Gasteiger partial charge is 0.417 e. The summed E-state index contributed by atoms with van der Waals surface area (Å²) in [5.74, 6) is 0.249. The van der Waals surface area contributed by atoms with Gasteiger partial charge in [0.15, 0.2) is 0 Å². The van der Waals surface area contributed by atoms with E-state index in [2.05, 4.69) is 29.4 Å². The molecule has 31 heavy (non-hydrogen) atoms. The van der Waals surface area contributed by atoms with Crippen LogP contribution in [0.2, 0.25) is 0 Å². The van der Waals surface area contributed by atoms with Crippen LogP contribution in [-0.2, 0) is 11.8 Å². The number of carboxylic acids is 1. The molecule has 0 spiro atoms. The van der Waals surface area contributed by atoms with Gasteiger partial charge in [0.25, 0.3) is 0 Å². The predicted molar refractivity (Wildman–Crippen MR) is 118 cm³/mol. The number of benzene rings is 2. The number of nitrogens with one attached hydrogen (secondary N) is 1. The van der Waals surface area contributed by atoms with E-state index in [1.165, 1.54) is 55.4 Å². The fourth-order valence-corrected chi connectivity index (χ4v) is 6.19. The maximum atomic E-state index is 12.5. The molecule has 1 unspecified atom stereocenters. The lowest BCUT2D eigenvalue weighted by Crippen LogP contribution is -2.59. The van der Waals surface area contributed by atoms with Gasteiger partial charge >= 0.3 is 12.1 Å². The van der Waals surface area contributed by atoms with Gasteiger partial charge in [-0.15, -0.1) is 0 Å². The Hall–Kier alpha value is -2.86. The molecule has 1 saturated heterocycles. The van der Waals surface area contributed by atoms with E-state index in [0.717, 1.165) is 13.0 Å². The lowest BCUT2D eigenvalue weighted by Gasteiger charge is -2.58. The quantitative estimate of drug-likeness (QED) is 0.754. The number of carbonyl (C=O) groups is 2. The Morgan fingerprint density at radius 2 is 1.94 bits per heavy atom. The molecule has 1 heterocycles. The Balaban J connectivity index is 1.37. The lowest BCUT2D eigenvalue weighted by atomic mass is 9.52. The number of ether oxygens (including phenoxy) is 1. The van der Waals surface area contributed by atoms with E-state index in [9.17, 15) is 9.59 Å². The van der Waals surface area contributed by atoms with Crippen LogP contribution in [0.1, 0.15) is 53.6 Å². The van der Waals surface area contributed by atoms with Crippen LogP contribution in [0.15, 0.2) is 42.5 Å². The Morgan fingerprint density at radius 3 is 2.71 bits per heavy atom. The predicted octanol–water partition coefficient (Wildman–Crippen LogP) is 4.68. The molecule has 3 aliphatic rings. The molecule has 2 aromatic carbocycles. The normalized spacial score (nSPS) is 27.0. The van der Waals surface area contributed by atoms with Crippen LogP contribution in [0.4, 0.5) is 10.5 Å². The van der Waals surface area contributed by atoms with Gasteiger partial charge in [-0.1, -0.05) is 18.9 Å². The number of rotatable bonds is 3. The van der Waals surface area contributed by atoms with Crippen molar-refractivity contribution in [1.29, 1.82) is 0 Å². The van der Waals surface area contributed by atoms with E-state index in [1.807, 2.05) is 6.07 Å². The highest BCUT2D eigenvalue weighted by Crippen LogP contribution is 2.55. The molecule has 1 amide bonds. The van der Waals surface area contributed by atoms with Gasteiger partial charge in [-0.05, 0) is 92.7 Å². The number of amides is 1. The van der Waals surface area contributed by atoms with Crippen molar-refractivity contribution in [1.82, 2.24) is 4.90 Å². The van der Waals surface area contributed by atoms with E-state index in [4.69, 9.17) is 9.84 Å². The second kappa shape index (κ2) is 7.68. The van der Waals surface area contributed by atoms with Crippen LogP contribution in [0, 0.1) is 5.92 Å². The summed E-state index contributed by atoms with van der Waals surface area (Å²) in [6, 6.07) is 12.8. The molecule has 6 nitrogen and oxygen atoms in total. The molecule has 1 saturated carbocycles. The van der Waals surface area contributed by atoms with Crippen molar-refractivity contribution in [3.8, 4) is 5.75 Å². The fraction of sp³-hybridized carbons (Fsp3) is 0.440. The summed E-state index contributed by atoms with van der Waals surface area (Å²) in [7, 11) is 2.26. The van der Waals surface area contributed by atoms with Gasteiger partial charge in [0, 0.05) is 17.1 Å². The molecule has 3 atom stereocenters. The first-order valence-corrected chi connectivity index (χ1v) is 11.1. The van der Waals surface area contributed by atoms with Crippen molar-refractivity contribution in [2.45, 2.75) is 50.0 Å². The Labute approximate surface area is 182 Å². The van der Waals surface area contributed by atoms with Crippen molar-refractivity contribution in [3.05, 3.63) is 59.2 Å². The lowest BCUT2D eigenvalue weighted by molar-refractivity contribution is 0.00275. The zero-order valence-electron chi connectivity index (χ0n) is 17.8. The van der Waals surface area contributed by atoms with Gasteiger partial charge in [-0.3, -0.25) is 5.32 Å². The molecule has 5 rings (SSSR count). The minimum Gasteiger partial charge on any atom is -0.478 e. The number of hydrogen-bond acceptors (Lipinski definition) is 4. The van der Waals surface area contributed by atoms with E-state index in [0.29, 0.717) is 23.4 Å². The van der Waals surface area contributed by atoms with Crippen LogP contribution in [0.25, 0.3) is 0 Å². The van der Waals surface area contributed by atoms with Crippen LogP contribution in [0.5, 0.6) is 5.75 Å². The monoisotopic (exact) mass is 420 g/mol. The first-order valence-electron chi connectivity index (χ1n) is 11.1. The maximum absolute atomic E-state index is 12.5. The number of anilines is 1. The number of piperidine rings is 1. The minimum absolute atomic E-state index is 0.173. The molecule has 2 aromatic rings. The Morgan fingerprint density at radius 1 is 1.13 bits per heavy atom. The third-order valence-electron chi connectivity index (χ3n) is 7.67. The summed E-state index contributed by atoms with van der Waals surface area (Å²) in [6.07, 6.45) is 6.75. The second-order valence-corrected chi connectivity index (χ2v) is 9.23. The van der Waals surface area contributed by atoms with Crippen LogP contribution >= 0.6 is 0 Å². The van der Waals surface area contributed by atoms with Crippen LogP contribution in [-0.4, -0.2) is 41.7 Å². The first kappa shape index (κ1) is 20.1. The van der Waals surface area contributed by atoms with Crippen LogP contribution in [0.3, 0.4) is 0 Å². The third kappa shape index (κ3) is 3.49. The highest BCUT2D eigenvalue weighted by atomic mass is 16.6. The molecule has 0 radical (unpaired) electrons. The molecule has 162 valence electrons. The third-order valence-corrected chi connectivity index (χ3v) is 7.67. The van der Waals surface area contributed by atoms with E-state index < -0.39 is 12.1 Å². The fourth-order valence-electron chi connectivity index (χ4n) is 6.19. The molecule has 1 aliphatic heterocycles. The number of likely N-dealkylation sites (tertiary alicyclic amines) is 1. The number of carboxylic acid groups (broad SMARTS) is 1. The molecule has 2 fully saturated rings. The zero-order valence-corrected chi connectivity index (χ0v) is 17.8. The number of likely N-dealkylation sites (N-methyl/N-ethyl adjacent to an activating group) is 1. The molecule has 2 N–H and O–H groups in total. The van der Waals surface area contributed by atoms with Crippen molar-refractivity contribution in [2.75, 3.05) is 18.9 Å². The van der Waals surface area contributed by atoms with Gasteiger partial charge in [-0.25, -0.2) is 9.59 Å². The van der Waals surface area contributed by atoms with Gasteiger partial charge < -0.3 is 14.7 Å². The SMILES string of the molecule is CN1CCC23CCCC[C@@H]2[C@@H]1Cc1ccc(OC(=O)Nc2ccc(C(=O)O)cc2)cc13. The van der Waals surface area contributed by atoms with Crippen molar-refractivity contribution >= 4 is 17.7 Å². The van der Waals surface area contributed by atoms with E-state index in [1.54, 1.807) is 12.1 Å². The van der Waals surface area contributed by atoms with Crippen molar-refractivity contribution in [3.63, 3.8) is 0 Å². The standard InChI is InChI=1S/C25H28N2O4/c1-27-13-12-25-11-3-2-4-20(25)22(27)14-17-7-10-19(15-21(17)25)31-24(30)26-18-8-5-16(6-9-18)23(28)29/h5-10,15,20,22H,2-4,11-14H2,1H3,(H,26,30)(H,28,29)/t20-,22+,25?/m1/s1. The summed E-state index contributed by atoms with van der Waals surface area (Å²) in [5.41, 5.74) is 3.67. The van der Waals surface area contributed by atoms with Crippen molar-refractivity contribution in [2.24, 2.45) is 5.92 Å². The molecular weight excluding hydrogens is 392 g/mol. The van der Waals surface area contributed by atoms with E-state index >= 15 is 0 Å². The van der Waals surface area contributed by atoms with Gasteiger partial charge in [0.2, 0.25) is 0 Å². The number of nitrogens with zero attached hydrogens (tertiary/aromatic N) is 1. The summed E-state index contributed by atoms with van der Waals surface area (Å²) in [5, 5.41) is 11.7. The largest absolute Gasteiger partial charge is 0.478 e. The van der Waals surface area contributed by atoms with Gasteiger partial charge in [0.05, 0.1) is 5.56 Å². The van der Waals surface area contributed by atoms with Gasteiger partial charge in [0.1, 0.15) is 5.75 Å². The average Bonchev–Trinajstić information content (AvgIpc) is 2.77. The second-order valence-electron chi connectivity index (χ2n) is 9.23. The topological polar surface area (TPSA) is 78.9 Å². The highest BCUT2D eigenvalue weighted by molar-refractivity contribution is 5.90. The maximum Gasteiger partial charge on any atom is 0.417 e. The minimum atomic E-state index is -1.00. The summed E-state index contributed by atoms with van der Waals surface area (Å²) < 4.78 is 5.62. The molecule has 0 aromatic heterocycles. The number of aromatic carboxylic acids is 1. The molecular formula is C25H28N2O4. The summed E-state index contributed by atoms with van der Waals surface area (Å²) in [6.45, 7) is 1.12. The highest BCUT2D eigenvalue weighted by Gasteiger charge is 2.53. The Kier molecular flexibility index (Phi) is 4.97. The summed E-state index contributed by atoms with van der Waals surface area (Å²) in [4.78, 5) is 26.0. The van der Waals surface area contributed by atoms with Crippen LogP contribution < -0.4 is 10.1 Å². The Bertz CT molecular complexity index is 1020. The van der Waals surface area contributed by atoms with E-state index in [-0.39, 0.29) is 11.0 Å². The average molecular weight is 421 g/mol. The number of hydrogen-bond donors (Lipinski definition) is 2. The summed E-state index contributed by atoms with van der Waals surface area (Å²) >= 11 is 0. The first-order chi connectivity index (χ1) is 15.0. The molecule has 2 bridgehead atoms. The number of carbonyl (C=O) groups excluding carboxylic acids is 1. The molecule has 2 aliphatic carbocycles.